The highest BCUT2D eigenvalue weighted by atomic mass is 14.9. The molecule has 0 unspecified atom stereocenters. The molecule has 2 heteroatoms. The van der Waals surface area contributed by atoms with Gasteiger partial charge in [-0.15, -0.1) is 0 Å². The smallest absolute Gasteiger partial charge is 0.131 e. The molecule has 0 saturated carbocycles. The Balaban J connectivity index is 0.981. The number of benzene rings is 9. The Hall–Kier alpha value is -7.81. The molecule has 0 aromatic heterocycles. The van der Waals surface area contributed by atoms with Crippen LogP contribution < -0.4 is 5.73 Å². The van der Waals surface area contributed by atoms with Crippen LogP contribution in [0.25, 0.3) is 50.2 Å². The Bertz CT molecular complexity index is 2960. The zero-order chi connectivity index (χ0) is 41.0. The molecule has 9 aromatic rings. The van der Waals surface area contributed by atoms with Crippen LogP contribution in [0.15, 0.2) is 248 Å². The second-order valence-electron chi connectivity index (χ2n) is 15.6. The van der Waals surface area contributed by atoms with Crippen LogP contribution in [0.3, 0.4) is 0 Å². The van der Waals surface area contributed by atoms with Crippen molar-refractivity contribution in [3.63, 3.8) is 0 Å². The van der Waals surface area contributed by atoms with Gasteiger partial charge in [-0.25, -0.2) is 4.99 Å². The summed E-state index contributed by atoms with van der Waals surface area (Å²) in [7, 11) is 0. The molecular formula is C59H44N2. The SMILES string of the molecule is NC(=N/C(=C\Cc1cccc(-c2ccc(-c3cccc4c3-c3ccccc3C4(c3ccccc3)c3ccccc3)cc2)c1)c1ccc(-c2ccccc2)cc1)c1ccccc1. The lowest BCUT2D eigenvalue weighted by Crippen LogP contribution is -2.28. The van der Waals surface area contributed by atoms with Gasteiger partial charge < -0.3 is 5.73 Å². The Kier molecular flexibility index (Phi) is 10.1. The maximum atomic E-state index is 6.61. The van der Waals surface area contributed by atoms with Crippen molar-refractivity contribution in [2.24, 2.45) is 10.7 Å². The van der Waals surface area contributed by atoms with Gasteiger partial charge in [-0.05, 0) is 84.3 Å². The van der Waals surface area contributed by atoms with Crippen LogP contribution >= 0.6 is 0 Å². The van der Waals surface area contributed by atoms with Gasteiger partial charge in [0, 0.05) is 5.56 Å². The van der Waals surface area contributed by atoms with E-state index in [1.54, 1.807) is 0 Å². The fourth-order valence-electron chi connectivity index (χ4n) is 9.16. The number of fused-ring (bicyclic) bond motifs is 3. The van der Waals surface area contributed by atoms with Gasteiger partial charge in [0.1, 0.15) is 5.84 Å². The minimum absolute atomic E-state index is 0.427. The zero-order valence-corrected chi connectivity index (χ0v) is 33.8. The fraction of sp³-hybridized carbons (Fsp3) is 0.0339. The Morgan fingerprint density at radius 2 is 0.902 bits per heavy atom. The number of hydrogen-bond acceptors (Lipinski definition) is 1. The number of nitrogens with two attached hydrogens (primary N) is 1. The molecule has 0 spiro atoms. The molecule has 1 aliphatic rings. The molecule has 0 saturated heterocycles. The average molecular weight is 781 g/mol. The van der Waals surface area contributed by atoms with Crippen molar-refractivity contribution in [1.29, 1.82) is 0 Å². The number of aliphatic imine (C=N–C) groups is 1. The lowest BCUT2D eigenvalue weighted by Gasteiger charge is -2.34. The van der Waals surface area contributed by atoms with Crippen molar-refractivity contribution in [2.45, 2.75) is 11.8 Å². The van der Waals surface area contributed by atoms with E-state index in [1.807, 2.05) is 36.4 Å². The number of allylic oxidation sites excluding steroid dienone is 1. The summed E-state index contributed by atoms with van der Waals surface area (Å²) in [5.41, 5.74) is 25.0. The number of amidine groups is 1. The maximum Gasteiger partial charge on any atom is 0.131 e. The van der Waals surface area contributed by atoms with Gasteiger partial charge in [-0.2, -0.15) is 0 Å². The quantitative estimate of drug-likeness (QED) is 0.109. The van der Waals surface area contributed by atoms with Crippen molar-refractivity contribution in [2.75, 3.05) is 0 Å². The van der Waals surface area contributed by atoms with Crippen LogP contribution in [-0.2, 0) is 11.8 Å². The third kappa shape index (κ3) is 7.09. The van der Waals surface area contributed by atoms with E-state index >= 15 is 0 Å². The molecule has 0 heterocycles. The summed E-state index contributed by atoms with van der Waals surface area (Å²) in [6.07, 6.45) is 2.89. The number of hydrogen-bond donors (Lipinski definition) is 1. The minimum Gasteiger partial charge on any atom is -0.383 e. The van der Waals surface area contributed by atoms with E-state index < -0.39 is 5.41 Å². The summed E-state index contributed by atoms with van der Waals surface area (Å²) < 4.78 is 0. The van der Waals surface area contributed by atoms with Crippen LogP contribution in [-0.4, -0.2) is 5.84 Å². The van der Waals surface area contributed by atoms with E-state index in [1.165, 1.54) is 66.8 Å². The van der Waals surface area contributed by atoms with Crippen LogP contribution in [0, 0.1) is 0 Å². The van der Waals surface area contributed by atoms with E-state index in [2.05, 4.69) is 206 Å². The summed E-state index contributed by atoms with van der Waals surface area (Å²) in [5, 5.41) is 0. The van der Waals surface area contributed by atoms with E-state index in [4.69, 9.17) is 10.7 Å². The molecule has 0 aliphatic heterocycles. The standard InChI is InChI=1S/C59H44N2/c60-58(48-20-7-2-8-21-48)61-56(47-38-34-44(35-39-47)43-18-5-1-6-19-43)40-31-42-17-15-22-49(41-42)45-32-36-46(37-33-45)52-28-16-30-55-57(52)53-27-13-14-29-54(53)59(55,50-23-9-3-10-24-50)51-25-11-4-12-26-51/h1-30,32-41H,31H2,(H2,60,61)/b56-40-. The summed E-state index contributed by atoms with van der Waals surface area (Å²) >= 11 is 0. The van der Waals surface area contributed by atoms with Gasteiger partial charge in [0.15, 0.2) is 0 Å². The molecular weight excluding hydrogens is 737 g/mol. The lowest BCUT2D eigenvalue weighted by atomic mass is 9.67. The normalized spacial score (nSPS) is 13.0. The molecule has 0 radical (unpaired) electrons. The Morgan fingerprint density at radius 3 is 1.59 bits per heavy atom. The zero-order valence-electron chi connectivity index (χ0n) is 33.8. The van der Waals surface area contributed by atoms with Crippen LogP contribution in [0.5, 0.6) is 0 Å². The van der Waals surface area contributed by atoms with Crippen LogP contribution in [0.4, 0.5) is 0 Å². The molecule has 0 fully saturated rings. The molecule has 2 N–H and O–H groups in total. The molecule has 0 bridgehead atoms. The van der Waals surface area contributed by atoms with E-state index in [0.717, 1.165) is 22.4 Å². The van der Waals surface area contributed by atoms with Gasteiger partial charge in [0.25, 0.3) is 0 Å². The maximum absolute atomic E-state index is 6.61. The van der Waals surface area contributed by atoms with Crippen LogP contribution in [0.1, 0.15) is 38.9 Å². The largest absolute Gasteiger partial charge is 0.383 e. The van der Waals surface area contributed by atoms with Gasteiger partial charge in [-0.1, -0.05) is 243 Å². The van der Waals surface area contributed by atoms with Gasteiger partial charge in [0.05, 0.1) is 11.1 Å². The number of nitrogens with zero attached hydrogens (tertiary/aromatic N) is 1. The molecule has 2 nitrogen and oxygen atoms in total. The summed E-state index contributed by atoms with van der Waals surface area (Å²) in [6.45, 7) is 0. The molecule has 9 aromatic carbocycles. The fourth-order valence-corrected chi connectivity index (χ4v) is 9.16. The average Bonchev–Trinajstić information content (AvgIpc) is 3.65. The van der Waals surface area contributed by atoms with Gasteiger partial charge in [0.2, 0.25) is 0 Å². The Labute approximate surface area is 358 Å². The minimum atomic E-state index is -0.427. The van der Waals surface area contributed by atoms with Crippen molar-refractivity contribution in [3.05, 3.63) is 282 Å². The first-order valence-corrected chi connectivity index (χ1v) is 21.0. The molecule has 0 amide bonds. The monoisotopic (exact) mass is 780 g/mol. The highest BCUT2D eigenvalue weighted by Gasteiger charge is 2.46. The predicted molar refractivity (Wildman–Crippen MR) is 255 cm³/mol. The van der Waals surface area contributed by atoms with Gasteiger partial charge in [-0.3, -0.25) is 0 Å². The highest BCUT2D eigenvalue weighted by molar-refractivity contribution is 6.00. The Morgan fingerprint density at radius 1 is 0.410 bits per heavy atom. The molecule has 61 heavy (non-hydrogen) atoms. The van der Waals surface area contributed by atoms with E-state index in [-0.39, 0.29) is 0 Å². The molecule has 0 atom stereocenters. The van der Waals surface area contributed by atoms with Gasteiger partial charge >= 0.3 is 0 Å². The molecule has 290 valence electrons. The van der Waals surface area contributed by atoms with Crippen molar-refractivity contribution >= 4 is 11.5 Å². The van der Waals surface area contributed by atoms with Crippen molar-refractivity contribution in [3.8, 4) is 44.5 Å². The molecule has 10 rings (SSSR count). The third-order valence-corrected chi connectivity index (χ3v) is 12.1. The lowest BCUT2D eigenvalue weighted by molar-refractivity contribution is 0.768. The first-order valence-electron chi connectivity index (χ1n) is 21.0. The van der Waals surface area contributed by atoms with Crippen molar-refractivity contribution < 1.29 is 0 Å². The first kappa shape index (κ1) is 37.5. The van der Waals surface area contributed by atoms with Crippen LogP contribution in [0.2, 0.25) is 0 Å². The van der Waals surface area contributed by atoms with E-state index in [9.17, 15) is 0 Å². The first-order chi connectivity index (χ1) is 30.2. The van der Waals surface area contributed by atoms with Crippen molar-refractivity contribution in [1.82, 2.24) is 0 Å². The van der Waals surface area contributed by atoms with E-state index in [0.29, 0.717) is 12.3 Å². The third-order valence-electron chi connectivity index (χ3n) is 12.1. The highest BCUT2D eigenvalue weighted by Crippen LogP contribution is 2.58. The molecule has 1 aliphatic carbocycles. The second kappa shape index (κ2) is 16.4. The predicted octanol–water partition coefficient (Wildman–Crippen LogP) is 14.0. The topological polar surface area (TPSA) is 38.4 Å². The summed E-state index contributed by atoms with van der Waals surface area (Å²) in [4.78, 5) is 4.99. The summed E-state index contributed by atoms with van der Waals surface area (Å²) in [5.74, 6) is 0.492. The second-order valence-corrected chi connectivity index (χ2v) is 15.6. The summed E-state index contributed by atoms with van der Waals surface area (Å²) in [6, 6.07) is 84.7. The number of rotatable bonds is 10.